The maximum absolute atomic E-state index is 13.2. The molecule has 1 aromatic heterocycles. The normalized spacial score (nSPS) is 10.8. The molecule has 0 bridgehead atoms. The van der Waals surface area contributed by atoms with Crippen LogP contribution < -0.4 is 16.0 Å². The zero-order valence-electron chi connectivity index (χ0n) is 9.64. The second kappa shape index (κ2) is 5.11. The standard InChI is InChI=1S/C11H7F3N2O4/c12-7-8(17)15-11(19)16(9(7)18)5-1-3-6(4-2-5)20-10(13)14/h1-4,10,18H,(H,15,17,19). The molecule has 1 aromatic carbocycles. The third-order valence-corrected chi connectivity index (χ3v) is 2.35. The highest BCUT2D eigenvalue weighted by molar-refractivity contribution is 5.39. The van der Waals surface area contributed by atoms with Crippen LogP contribution in [0, 0.1) is 5.82 Å². The van der Waals surface area contributed by atoms with E-state index in [1.54, 1.807) is 4.98 Å². The Morgan fingerprint density at radius 2 is 1.80 bits per heavy atom. The van der Waals surface area contributed by atoms with Crippen LogP contribution in [0.15, 0.2) is 33.9 Å². The number of benzene rings is 1. The molecule has 0 spiro atoms. The minimum Gasteiger partial charge on any atom is -0.492 e. The van der Waals surface area contributed by atoms with Gasteiger partial charge < -0.3 is 9.84 Å². The smallest absolute Gasteiger partial charge is 0.387 e. The lowest BCUT2D eigenvalue weighted by atomic mass is 10.3. The predicted molar refractivity (Wildman–Crippen MR) is 60.9 cm³/mol. The minimum atomic E-state index is -3.01. The molecule has 106 valence electrons. The first kappa shape index (κ1) is 13.7. The van der Waals surface area contributed by atoms with Crippen LogP contribution in [0.3, 0.4) is 0 Å². The van der Waals surface area contributed by atoms with Crippen molar-refractivity contribution in [3.63, 3.8) is 0 Å². The summed E-state index contributed by atoms with van der Waals surface area (Å²) in [6.07, 6.45) is 0. The fourth-order valence-electron chi connectivity index (χ4n) is 1.52. The monoisotopic (exact) mass is 288 g/mol. The average Bonchev–Trinajstić information content (AvgIpc) is 2.37. The number of rotatable bonds is 3. The number of nitrogens with zero attached hydrogens (tertiary/aromatic N) is 1. The molecular formula is C11H7F3N2O4. The largest absolute Gasteiger partial charge is 0.492 e. The molecule has 2 N–H and O–H groups in total. The number of H-pyrrole nitrogens is 1. The Balaban J connectivity index is 2.50. The number of ether oxygens (including phenoxy) is 1. The lowest BCUT2D eigenvalue weighted by Crippen LogP contribution is -2.30. The topological polar surface area (TPSA) is 84.3 Å². The molecule has 0 saturated heterocycles. The van der Waals surface area contributed by atoms with Gasteiger partial charge in [0.05, 0.1) is 5.69 Å². The van der Waals surface area contributed by atoms with Gasteiger partial charge in [0.2, 0.25) is 11.7 Å². The van der Waals surface area contributed by atoms with Gasteiger partial charge in [0.25, 0.3) is 5.56 Å². The number of hydrogen-bond acceptors (Lipinski definition) is 4. The second-order valence-electron chi connectivity index (χ2n) is 3.60. The summed E-state index contributed by atoms with van der Waals surface area (Å²) >= 11 is 0. The van der Waals surface area contributed by atoms with Crippen LogP contribution in [0.1, 0.15) is 0 Å². The van der Waals surface area contributed by atoms with E-state index in [1.807, 2.05) is 0 Å². The lowest BCUT2D eigenvalue weighted by molar-refractivity contribution is -0.0498. The van der Waals surface area contributed by atoms with Gasteiger partial charge in [-0.3, -0.25) is 9.78 Å². The summed E-state index contributed by atoms with van der Waals surface area (Å²) in [5.74, 6) is -2.89. The number of aromatic nitrogens is 2. The maximum Gasteiger partial charge on any atom is 0.387 e. The Morgan fingerprint density at radius 3 is 2.35 bits per heavy atom. The minimum absolute atomic E-state index is 0.0377. The molecule has 0 fully saturated rings. The zero-order valence-corrected chi connectivity index (χ0v) is 9.64. The molecule has 2 rings (SSSR count). The number of aromatic amines is 1. The molecular weight excluding hydrogens is 281 g/mol. The van der Waals surface area contributed by atoms with Crippen molar-refractivity contribution in [3.05, 3.63) is 50.9 Å². The van der Waals surface area contributed by atoms with Crippen molar-refractivity contribution in [2.45, 2.75) is 6.61 Å². The highest BCUT2D eigenvalue weighted by atomic mass is 19.3. The molecule has 0 amide bonds. The zero-order chi connectivity index (χ0) is 14.9. The van der Waals surface area contributed by atoms with E-state index in [-0.39, 0.29) is 11.4 Å². The predicted octanol–water partition coefficient (Wildman–Crippen LogP) is 0.972. The van der Waals surface area contributed by atoms with Crippen molar-refractivity contribution >= 4 is 0 Å². The Labute approximate surface area is 108 Å². The van der Waals surface area contributed by atoms with Crippen LogP contribution in [0.25, 0.3) is 5.69 Å². The molecule has 9 heteroatoms. The third-order valence-electron chi connectivity index (χ3n) is 2.35. The van der Waals surface area contributed by atoms with E-state index in [9.17, 15) is 27.9 Å². The van der Waals surface area contributed by atoms with Crippen molar-refractivity contribution < 1.29 is 23.0 Å². The average molecular weight is 288 g/mol. The van der Waals surface area contributed by atoms with Gasteiger partial charge in [-0.05, 0) is 24.3 Å². The van der Waals surface area contributed by atoms with Crippen LogP contribution in [-0.2, 0) is 0 Å². The molecule has 0 saturated carbocycles. The molecule has 0 aliphatic carbocycles. The Kier molecular flexibility index (Phi) is 3.51. The fourth-order valence-corrected chi connectivity index (χ4v) is 1.52. The van der Waals surface area contributed by atoms with Crippen molar-refractivity contribution in [1.29, 1.82) is 0 Å². The number of alkyl halides is 2. The van der Waals surface area contributed by atoms with Crippen LogP contribution >= 0.6 is 0 Å². The van der Waals surface area contributed by atoms with Crippen molar-refractivity contribution in [3.8, 4) is 17.3 Å². The first-order valence-electron chi connectivity index (χ1n) is 5.19. The van der Waals surface area contributed by atoms with Gasteiger partial charge in [0.15, 0.2) is 0 Å². The molecule has 0 aliphatic heterocycles. The van der Waals surface area contributed by atoms with E-state index in [1.165, 1.54) is 0 Å². The second-order valence-corrected chi connectivity index (χ2v) is 3.60. The summed E-state index contributed by atoms with van der Waals surface area (Å²) in [6.45, 7) is -3.01. The van der Waals surface area contributed by atoms with Gasteiger partial charge in [-0.25, -0.2) is 9.36 Å². The van der Waals surface area contributed by atoms with Gasteiger partial charge in [-0.15, -0.1) is 0 Å². The highest BCUT2D eigenvalue weighted by Gasteiger charge is 2.15. The summed E-state index contributed by atoms with van der Waals surface area (Å²) in [6, 6.07) is 4.46. The molecule has 6 nitrogen and oxygen atoms in total. The van der Waals surface area contributed by atoms with E-state index >= 15 is 0 Å². The Bertz CT molecular complexity index is 737. The van der Waals surface area contributed by atoms with E-state index < -0.39 is 29.6 Å². The van der Waals surface area contributed by atoms with Crippen LogP contribution in [0.5, 0.6) is 11.6 Å². The summed E-state index contributed by atoms with van der Waals surface area (Å²) < 4.78 is 41.7. The lowest BCUT2D eigenvalue weighted by Gasteiger charge is -2.09. The van der Waals surface area contributed by atoms with E-state index in [0.29, 0.717) is 4.57 Å². The van der Waals surface area contributed by atoms with Crippen molar-refractivity contribution in [1.82, 2.24) is 9.55 Å². The number of aromatic hydroxyl groups is 1. The van der Waals surface area contributed by atoms with E-state index in [4.69, 9.17) is 0 Å². The van der Waals surface area contributed by atoms with Crippen molar-refractivity contribution in [2.24, 2.45) is 0 Å². The first-order valence-corrected chi connectivity index (χ1v) is 5.19. The van der Waals surface area contributed by atoms with Crippen LogP contribution in [0.2, 0.25) is 0 Å². The van der Waals surface area contributed by atoms with Crippen molar-refractivity contribution in [2.75, 3.05) is 0 Å². The van der Waals surface area contributed by atoms with E-state index in [0.717, 1.165) is 24.3 Å². The van der Waals surface area contributed by atoms with Gasteiger partial charge in [-0.2, -0.15) is 13.2 Å². The first-order chi connectivity index (χ1) is 9.40. The molecule has 0 radical (unpaired) electrons. The highest BCUT2D eigenvalue weighted by Crippen LogP contribution is 2.19. The van der Waals surface area contributed by atoms with Gasteiger partial charge in [-0.1, -0.05) is 0 Å². The number of halogens is 3. The van der Waals surface area contributed by atoms with Gasteiger partial charge in [0.1, 0.15) is 5.75 Å². The maximum atomic E-state index is 13.2. The summed E-state index contributed by atoms with van der Waals surface area (Å²) in [4.78, 5) is 24.1. The SMILES string of the molecule is O=c1[nH]c(=O)n(-c2ccc(OC(F)F)cc2)c(O)c1F. The molecule has 1 heterocycles. The van der Waals surface area contributed by atoms with Gasteiger partial charge in [0, 0.05) is 0 Å². The quantitative estimate of drug-likeness (QED) is 0.881. The third kappa shape index (κ3) is 2.51. The molecule has 0 atom stereocenters. The molecule has 2 aromatic rings. The van der Waals surface area contributed by atoms with E-state index in [2.05, 4.69) is 4.74 Å². The summed E-state index contributed by atoms with van der Waals surface area (Å²) in [7, 11) is 0. The molecule has 0 aliphatic rings. The number of nitrogens with one attached hydrogen (secondary N) is 1. The summed E-state index contributed by atoms with van der Waals surface area (Å²) in [5.41, 5.74) is -2.47. The fraction of sp³-hybridized carbons (Fsp3) is 0.0909. The molecule has 20 heavy (non-hydrogen) atoms. The van der Waals surface area contributed by atoms with Crippen LogP contribution in [0.4, 0.5) is 13.2 Å². The number of hydrogen-bond donors (Lipinski definition) is 2. The molecule has 0 unspecified atom stereocenters. The Hall–Kier alpha value is -2.71. The summed E-state index contributed by atoms with van der Waals surface area (Å²) in [5, 5.41) is 9.44. The van der Waals surface area contributed by atoms with Crippen LogP contribution in [-0.4, -0.2) is 21.3 Å². The Morgan fingerprint density at radius 1 is 1.20 bits per heavy atom. The van der Waals surface area contributed by atoms with Gasteiger partial charge >= 0.3 is 12.3 Å².